The van der Waals surface area contributed by atoms with Crippen LogP contribution < -0.4 is 4.74 Å². The van der Waals surface area contributed by atoms with E-state index >= 15 is 0 Å². The van der Waals surface area contributed by atoms with Crippen molar-refractivity contribution in [2.75, 3.05) is 20.2 Å². The molecule has 1 unspecified atom stereocenters. The van der Waals surface area contributed by atoms with Crippen molar-refractivity contribution in [2.24, 2.45) is 0 Å². The molecule has 0 bridgehead atoms. The summed E-state index contributed by atoms with van der Waals surface area (Å²) in [6.45, 7) is 5.59. The van der Waals surface area contributed by atoms with Crippen LogP contribution in [0.5, 0.6) is 5.75 Å². The van der Waals surface area contributed by atoms with E-state index in [1.165, 1.54) is 5.56 Å². The van der Waals surface area contributed by atoms with Crippen LogP contribution in [0, 0.1) is 0 Å². The van der Waals surface area contributed by atoms with Gasteiger partial charge in [-0.3, -0.25) is 4.79 Å². The van der Waals surface area contributed by atoms with Gasteiger partial charge in [0.2, 0.25) is 0 Å². The molecule has 6 nitrogen and oxygen atoms in total. The maximum atomic E-state index is 13.7. The molecule has 0 aliphatic carbocycles. The average Bonchev–Trinajstić information content (AvgIpc) is 3.51. The molecule has 0 N–H and O–H groups in total. The molecular weight excluding hydrogens is 412 g/mol. The standard InChI is InChI=1S/C27H28N4O2/c1-18(2)31-26-24(16-28-31)23(15-25(29-26)20-7-5-4-6-8-20)27(32)30-14-13-21(17-30)19-9-11-22(33-3)12-10-19/h4-12,15-16,18,21H,13-14,17H2,1-3H3. The van der Waals surface area contributed by atoms with Crippen molar-refractivity contribution >= 4 is 16.9 Å². The van der Waals surface area contributed by atoms with Crippen molar-refractivity contribution < 1.29 is 9.53 Å². The van der Waals surface area contributed by atoms with E-state index < -0.39 is 0 Å². The van der Waals surface area contributed by atoms with Gasteiger partial charge in [0.15, 0.2) is 5.65 Å². The van der Waals surface area contributed by atoms with Gasteiger partial charge in [0.1, 0.15) is 5.75 Å². The van der Waals surface area contributed by atoms with Gasteiger partial charge in [-0.25, -0.2) is 9.67 Å². The Morgan fingerprint density at radius 2 is 1.85 bits per heavy atom. The van der Waals surface area contributed by atoms with E-state index in [1.807, 2.05) is 58.1 Å². The fourth-order valence-electron chi connectivity index (χ4n) is 4.59. The predicted octanol–water partition coefficient (Wildman–Crippen LogP) is 5.32. The fraction of sp³-hybridized carbons (Fsp3) is 0.296. The molecule has 2 aromatic heterocycles. The minimum atomic E-state index is 0.0406. The molecule has 1 aliphatic heterocycles. The quantitative estimate of drug-likeness (QED) is 0.422. The number of carbonyl (C=O) groups excluding carboxylic acids is 1. The lowest BCUT2D eigenvalue weighted by Gasteiger charge is -2.18. The third kappa shape index (κ3) is 3.97. The van der Waals surface area contributed by atoms with Crippen molar-refractivity contribution in [1.82, 2.24) is 19.7 Å². The van der Waals surface area contributed by atoms with Crippen molar-refractivity contribution in [2.45, 2.75) is 32.2 Å². The summed E-state index contributed by atoms with van der Waals surface area (Å²) in [5.74, 6) is 1.21. The highest BCUT2D eigenvalue weighted by Crippen LogP contribution is 2.32. The Morgan fingerprint density at radius 1 is 1.09 bits per heavy atom. The Morgan fingerprint density at radius 3 is 2.55 bits per heavy atom. The number of hydrogen-bond acceptors (Lipinski definition) is 4. The Hall–Kier alpha value is -3.67. The highest BCUT2D eigenvalue weighted by Gasteiger charge is 2.30. The van der Waals surface area contributed by atoms with Gasteiger partial charge in [0, 0.05) is 30.6 Å². The number of nitrogens with zero attached hydrogens (tertiary/aromatic N) is 4. The summed E-state index contributed by atoms with van der Waals surface area (Å²) in [6, 6.07) is 20.2. The number of aromatic nitrogens is 3. The molecule has 1 atom stereocenters. The van der Waals surface area contributed by atoms with Crippen LogP contribution >= 0.6 is 0 Å². The summed E-state index contributed by atoms with van der Waals surface area (Å²) in [4.78, 5) is 20.6. The van der Waals surface area contributed by atoms with E-state index in [0.717, 1.165) is 41.0 Å². The topological polar surface area (TPSA) is 60.2 Å². The summed E-state index contributed by atoms with van der Waals surface area (Å²) in [7, 11) is 1.67. The Balaban J connectivity index is 1.50. The average molecular weight is 441 g/mol. The van der Waals surface area contributed by atoms with Gasteiger partial charge in [-0.05, 0) is 44.0 Å². The largest absolute Gasteiger partial charge is 0.497 e. The molecule has 1 saturated heterocycles. The van der Waals surface area contributed by atoms with E-state index in [9.17, 15) is 4.79 Å². The Labute approximate surface area is 193 Å². The Bertz CT molecular complexity index is 1280. The zero-order chi connectivity index (χ0) is 22.9. The van der Waals surface area contributed by atoms with Crippen molar-refractivity contribution in [1.29, 1.82) is 0 Å². The second-order valence-electron chi connectivity index (χ2n) is 8.85. The first-order chi connectivity index (χ1) is 16.0. The number of benzene rings is 2. The van der Waals surface area contributed by atoms with E-state index in [4.69, 9.17) is 9.72 Å². The third-order valence-electron chi connectivity index (χ3n) is 6.42. The molecular formula is C27H28N4O2. The smallest absolute Gasteiger partial charge is 0.254 e. The van der Waals surface area contributed by atoms with E-state index in [-0.39, 0.29) is 11.9 Å². The lowest BCUT2D eigenvalue weighted by atomic mass is 9.98. The zero-order valence-corrected chi connectivity index (χ0v) is 19.2. The first kappa shape index (κ1) is 21.2. The molecule has 3 heterocycles. The summed E-state index contributed by atoms with van der Waals surface area (Å²) in [5, 5.41) is 5.36. The number of hydrogen-bond donors (Lipinski definition) is 0. The lowest BCUT2D eigenvalue weighted by Crippen LogP contribution is -2.28. The first-order valence-electron chi connectivity index (χ1n) is 11.4. The van der Waals surface area contributed by atoms with Crippen LogP contribution in [-0.2, 0) is 0 Å². The van der Waals surface area contributed by atoms with Crippen LogP contribution in [-0.4, -0.2) is 45.8 Å². The first-order valence-corrected chi connectivity index (χ1v) is 11.4. The number of likely N-dealkylation sites (tertiary alicyclic amines) is 1. The highest BCUT2D eigenvalue weighted by atomic mass is 16.5. The number of pyridine rings is 1. The maximum Gasteiger partial charge on any atom is 0.254 e. The van der Waals surface area contributed by atoms with Crippen LogP contribution in [0.15, 0.2) is 66.9 Å². The van der Waals surface area contributed by atoms with Gasteiger partial charge in [-0.15, -0.1) is 0 Å². The number of fused-ring (bicyclic) bond motifs is 1. The summed E-state index contributed by atoms with van der Waals surface area (Å²) < 4.78 is 7.17. The molecule has 0 radical (unpaired) electrons. The number of ether oxygens (including phenoxy) is 1. The molecule has 1 fully saturated rings. The molecule has 33 heavy (non-hydrogen) atoms. The highest BCUT2D eigenvalue weighted by molar-refractivity contribution is 6.06. The van der Waals surface area contributed by atoms with Crippen LogP contribution in [0.3, 0.4) is 0 Å². The summed E-state index contributed by atoms with van der Waals surface area (Å²) in [5.41, 5.74) is 4.44. The normalized spacial score (nSPS) is 16.0. The molecule has 1 amide bonds. The second kappa shape index (κ2) is 8.70. The molecule has 168 valence electrons. The molecule has 6 heteroatoms. The molecule has 4 aromatic rings. The van der Waals surface area contributed by atoms with E-state index in [2.05, 4.69) is 31.1 Å². The van der Waals surface area contributed by atoms with Gasteiger partial charge >= 0.3 is 0 Å². The van der Waals surface area contributed by atoms with Crippen LogP contribution in [0.4, 0.5) is 0 Å². The van der Waals surface area contributed by atoms with Gasteiger partial charge in [-0.1, -0.05) is 42.5 Å². The number of carbonyl (C=O) groups is 1. The molecule has 0 spiro atoms. The maximum absolute atomic E-state index is 13.7. The van der Waals surface area contributed by atoms with Crippen molar-refractivity contribution in [3.05, 3.63) is 78.0 Å². The molecule has 1 aliphatic rings. The van der Waals surface area contributed by atoms with Crippen LogP contribution in [0.2, 0.25) is 0 Å². The SMILES string of the molecule is COc1ccc(C2CCN(C(=O)c3cc(-c4ccccc4)nc4c3cnn4C(C)C)C2)cc1. The Kier molecular flexibility index (Phi) is 5.58. The van der Waals surface area contributed by atoms with Gasteiger partial charge in [0.25, 0.3) is 5.91 Å². The minimum absolute atomic E-state index is 0.0406. The fourth-order valence-corrected chi connectivity index (χ4v) is 4.59. The minimum Gasteiger partial charge on any atom is -0.497 e. The van der Waals surface area contributed by atoms with Crippen molar-refractivity contribution in [3.8, 4) is 17.0 Å². The molecule has 2 aromatic carbocycles. The lowest BCUT2D eigenvalue weighted by molar-refractivity contribution is 0.0792. The van der Waals surface area contributed by atoms with Gasteiger partial charge in [0.05, 0.1) is 30.0 Å². The van der Waals surface area contributed by atoms with E-state index in [1.54, 1.807) is 13.3 Å². The molecule has 0 saturated carbocycles. The van der Waals surface area contributed by atoms with E-state index in [0.29, 0.717) is 18.0 Å². The van der Waals surface area contributed by atoms with Crippen LogP contribution in [0.25, 0.3) is 22.3 Å². The van der Waals surface area contributed by atoms with Gasteiger partial charge < -0.3 is 9.64 Å². The van der Waals surface area contributed by atoms with Crippen LogP contribution in [0.1, 0.15) is 48.1 Å². The number of rotatable bonds is 5. The third-order valence-corrected chi connectivity index (χ3v) is 6.42. The van der Waals surface area contributed by atoms with Gasteiger partial charge in [-0.2, -0.15) is 5.10 Å². The van der Waals surface area contributed by atoms with Crippen molar-refractivity contribution in [3.63, 3.8) is 0 Å². The zero-order valence-electron chi connectivity index (χ0n) is 19.2. The monoisotopic (exact) mass is 440 g/mol. The predicted molar refractivity (Wildman–Crippen MR) is 130 cm³/mol. The molecule has 5 rings (SSSR count). The summed E-state index contributed by atoms with van der Waals surface area (Å²) in [6.07, 6.45) is 2.73. The number of amides is 1. The number of methoxy groups -OCH3 is 1. The summed E-state index contributed by atoms with van der Waals surface area (Å²) >= 11 is 0. The second-order valence-corrected chi connectivity index (χ2v) is 8.85.